The zero-order chi connectivity index (χ0) is 20.2. The van der Waals surface area contributed by atoms with E-state index in [9.17, 15) is 9.59 Å². The highest BCUT2D eigenvalue weighted by Crippen LogP contribution is 2.21. The Bertz CT molecular complexity index is 875. The standard InChI is InChI=1S/C21H28N4O4/c1-28-16-5-4-15-13-19(22-18(15)14-16)20(26)23-17-3-2-6-25(21(17)27)8-7-24-9-11-29-12-10-24/h4-5,13-14,17,22H,2-3,6-12H2,1H3,(H,23,26)/t17-/m0/s1. The van der Waals surface area contributed by atoms with Crippen LogP contribution in [-0.4, -0.2) is 85.7 Å². The van der Waals surface area contributed by atoms with Crippen molar-refractivity contribution in [2.24, 2.45) is 0 Å². The van der Waals surface area contributed by atoms with Crippen LogP contribution in [0.5, 0.6) is 5.75 Å². The minimum absolute atomic E-state index is 0.00985. The summed E-state index contributed by atoms with van der Waals surface area (Å²) in [7, 11) is 1.61. The van der Waals surface area contributed by atoms with Gasteiger partial charge in [-0.3, -0.25) is 14.5 Å². The lowest BCUT2D eigenvalue weighted by Crippen LogP contribution is -2.54. The molecule has 2 amide bonds. The summed E-state index contributed by atoms with van der Waals surface area (Å²) in [4.78, 5) is 32.9. The number of benzene rings is 1. The highest BCUT2D eigenvalue weighted by atomic mass is 16.5. The number of fused-ring (bicyclic) bond motifs is 1. The molecular weight excluding hydrogens is 372 g/mol. The first-order valence-corrected chi connectivity index (χ1v) is 10.2. The van der Waals surface area contributed by atoms with Crippen LogP contribution in [0.3, 0.4) is 0 Å². The number of aromatic nitrogens is 1. The molecule has 8 nitrogen and oxygen atoms in total. The lowest BCUT2D eigenvalue weighted by Gasteiger charge is -2.35. The molecule has 1 aromatic carbocycles. The minimum atomic E-state index is -0.470. The quantitative estimate of drug-likeness (QED) is 0.762. The average molecular weight is 400 g/mol. The number of carbonyl (C=O) groups excluding carboxylic acids is 2. The number of amides is 2. The van der Waals surface area contributed by atoms with Crippen molar-refractivity contribution in [1.29, 1.82) is 0 Å². The fourth-order valence-corrected chi connectivity index (χ4v) is 3.97. The SMILES string of the molecule is COc1ccc2cc(C(=O)N[C@H]3CCCN(CCN4CCOCC4)C3=O)[nH]c2c1. The Hall–Kier alpha value is -2.58. The van der Waals surface area contributed by atoms with Crippen molar-refractivity contribution in [1.82, 2.24) is 20.1 Å². The van der Waals surface area contributed by atoms with E-state index in [0.717, 1.165) is 62.5 Å². The fourth-order valence-electron chi connectivity index (χ4n) is 3.97. The molecule has 1 atom stereocenters. The van der Waals surface area contributed by atoms with Crippen LogP contribution in [0.15, 0.2) is 24.3 Å². The number of hydrogen-bond donors (Lipinski definition) is 2. The van der Waals surface area contributed by atoms with E-state index in [0.29, 0.717) is 18.7 Å². The molecule has 29 heavy (non-hydrogen) atoms. The number of likely N-dealkylation sites (tertiary alicyclic amines) is 1. The predicted molar refractivity (Wildman–Crippen MR) is 109 cm³/mol. The van der Waals surface area contributed by atoms with Crippen molar-refractivity contribution < 1.29 is 19.1 Å². The number of aromatic amines is 1. The van der Waals surface area contributed by atoms with Crippen LogP contribution < -0.4 is 10.1 Å². The average Bonchev–Trinajstić information content (AvgIpc) is 3.18. The van der Waals surface area contributed by atoms with Crippen LogP contribution in [0.1, 0.15) is 23.3 Å². The number of hydrogen-bond acceptors (Lipinski definition) is 5. The summed E-state index contributed by atoms with van der Waals surface area (Å²) in [5.41, 5.74) is 1.28. The highest BCUT2D eigenvalue weighted by Gasteiger charge is 2.30. The topological polar surface area (TPSA) is 86.9 Å². The van der Waals surface area contributed by atoms with E-state index < -0.39 is 6.04 Å². The largest absolute Gasteiger partial charge is 0.497 e. The van der Waals surface area contributed by atoms with Crippen LogP contribution >= 0.6 is 0 Å². The number of nitrogens with one attached hydrogen (secondary N) is 2. The maximum Gasteiger partial charge on any atom is 0.268 e. The molecule has 2 saturated heterocycles. The van der Waals surface area contributed by atoms with Crippen molar-refractivity contribution in [3.63, 3.8) is 0 Å². The van der Waals surface area contributed by atoms with Crippen LogP contribution in [0, 0.1) is 0 Å². The lowest BCUT2D eigenvalue weighted by atomic mass is 10.0. The Balaban J connectivity index is 1.36. The second-order valence-corrected chi connectivity index (χ2v) is 7.58. The van der Waals surface area contributed by atoms with Gasteiger partial charge in [0, 0.05) is 49.7 Å². The van der Waals surface area contributed by atoms with E-state index in [1.165, 1.54) is 0 Å². The summed E-state index contributed by atoms with van der Waals surface area (Å²) in [6.45, 7) is 5.62. The van der Waals surface area contributed by atoms with Gasteiger partial charge in [0.05, 0.1) is 20.3 Å². The third-order valence-corrected chi connectivity index (χ3v) is 5.70. The highest BCUT2D eigenvalue weighted by molar-refractivity contribution is 6.00. The van der Waals surface area contributed by atoms with Crippen molar-refractivity contribution in [2.75, 3.05) is 53.0 Å². The lowest BCUT2D eigenvalue weighted by molar-refractivity contribution is -0.136. The first-order valence-electron chi connectivity index (χ1n) is 10.2. The van der Waals surface area contributed by atoms with Gasteiger partial charge in [-0.15, -0.1) is 0 Å². The number of ether oxygens (including phenoxy) is 2. The number of rotatable bonds is 6. The Morgan fingerprint density at radius 3 is 2.86 bits per heavy atom. The Morgan fingerprint density at radius 1 is 1.24 bits per heavy atom. The Labute approximate surface area is 170 Å². The predicted octanol–water partition coefficient (Wildman–Crippen LogP) is 1.23. The van der Waals surface area contributed by atoms with Crippen molar-refractivity contribution >= 4 is 22.7 Å². The molecule has 2 aliphatic rings. The molecule has 2 fully saturated rings. The third kappa shape index (κ3) is 4.54. The molecule has 0 unspecified atom stereocenters. The van der Waals surface area contributed by atoms with Gasteiger partial charge in [0.25, 0.3) is 5.91 Å². The maximum atomic E-state index is 12.9. The second-order valence-electron chi connectivity index (χ2n) is 7.58. The van der Waals surface area contributed by atoms with Crippen LogP contribution in [-0.2, 0) is 9.53 Å². The summed E-state index contributed by atoms with van der Waals surface area (Å²) >= 11 is 0. The van der Waals surface area contributed by atoms with E-state index in [4.69, 9.17) is 9.47 Å². The normalized spacial score (nSPS) is 20.8. The van der Waals surface area contributed by atoms with Gasteiger partial charge >= 0.3 is 0 Å². The Kier molecular flexibility index (Phi) is 6.01. The van der Waals surface area contributed by atoms with Gasteiger partial charge in [-0.05, 0) is 31.0 Å². The van der Waals surface area contributed by atoms with Gasteiger partial charge in [-0.25, -0.2) is 0 Å². The van der Waals surface area contributed by atoms with Gasteiger partial charge < -0.3 is 24.7 Å². The van der Waals surface area contributed by atoms with Gasteiger partial charge in [0.15, 0.2) is 0 Å². The molecule has 2 aromatic rings. The van der Waals surface area contributed by atoms with Crippen molar-refractivity contribution in [2.45, 2.75) is 18.9 Å². The molecule has 0 saturated carbocycles. The Morgan fingerprint density at radius 2 is 2.07 bits per heavy atom. The summed E-state index contributed by atoms with van der Waals surface area (Å²) < 4.78 is 10.6. The number of nitrogens with zero attached hydrogens (tertiary/aromatic N) is 2. The third-order valence-electron chi connectivity index (χ3n) is 5.70. The molecular formula is C21H28N4O4. The summed E-state index contributed by atoms with van der Waals surface area (Å²) in [5, 5.41) is 3.84. The summed E-state index contributed by atoms with van der Waals surface area (Å²) in [5.74, 6) is 0.480. The molecule has 0 aliphatic carbocycles. The van der Waals surface area contributed by atoms with Gasteiger partial charge in [0.1, 0.15) is 17.5 Å². The minimum Gasteiger partial charge on any atom is -0.497 e. The van der Waals surface area contributed by atoms with Gasteiger partial charge in [0.2, 0.25) is 5.91 Å². The monoisotopic (exact) mass is 400 g/mol. The van der Waals surface area contributed by atoms with E-state index in [2.05, 4.69) is 15.2 Å². The first kappa shape index (κ1) is 19.7. The molecule has 8 heteroatoms. The van der Waals surface area contributed by atoms with Gasteiger partial charge in [-0.2, -0.15) is 0 Å². The molecule has 2 N–H and O–H groups in total. The molecule has 0 bridgehead atoms. The molecule has 3 heterocycles. The van der Waals surface area contributed by atoms with Crippen LogP contribution in [0.2, 0.25) is 0 Å². The van der Waals surface area contributed by atoms with Crippen LogP contribution in [0.4, 0.5) is 0 Å². The van der Waals surface area contributed by atoms with Crippen molar-refractivity contribution in [3.8, 4) is 5.75 Å². The van der Waals surface area contributed by atoms with E-state index in [1.807, 2.05) is 23.1 Å². The molecule has 2 aliphatic heterocycles. The number of H-pyrrole nitrogens is 1. The van der Waals surface area contributed by atoms with Crippen molar-refractivity contribution in [3.05, 3.63) is 30.0 Å². The molecule has 1 aromatic heterocycles. The summed E-state index contributed by atoms with van der Waals surface area (Å²) in [6.07, 6.45) is 1.57. The smallest absolute Gasteiger partial charge is 0.268 e. The zero-order valence-electron chi connectivity index (χ0n) is 16.8. The molecule has 156 valence electrons. The number of morpholine rings is 1. The second kappa shape index (κ2) is 8.84. The van der Waals surface area contributed by atoms with E-state index in [-0.39, 0.29) is 11.8 Å². The number of carbonyl (C=O) groups is 2. The van der Waals surface area contributed by atoms with E-state index in [1.54, 1.807) is 13.2 Å². The molecule has 4 rings (SSSR count). The van der Waals surface area contributed by atoms with Gasteiger partial charge in [-0.1, -0.05) is 0 Å². The summed E-state index contributed by atoms with van der Waals surface area (Å²) in [6, 6.07) is 6.94. The number of piperidine rings is 1. The maximum absolute atomic E-state index is 12.9. The van der Waals surface area contributed by atoms with E-state index >= 15 is 0 Å². The fraction of sp³-hybridized carbons (Fsp3) is 0.524. The zero-order valence-corrected chi connectivity index (χ0v) is 16.8. The first-order chi connectivity index (χ1) is 14.1. The molecule has 0 spiro atoms. The van der Waals surface area contributed by atoms with Crippen LogP contribution in [0.25, 0.3) is 10.9 Å². The molecule has 0 radical (unpaired) electrons. The number of methoxy groups -OCH3 is 1.